The number of hydrogen-bond donors (Lipinski definition) is 0. The van der Waals surface area contributed by atoms with Crippen LogP contribution in [0.2, 0.25) is 0 Å². The van der Waals surface area contributed by atoms with Crippen LogP contribution in [0.1, 0.15) is 39.5 Å². The molecule has 0 saturated carbocycles. The molecule has 0 amide bonds. The van der Waals surface area contributed by atoms with E-state index in [-0.39, 0.29) is 18.4 Å². The molecular weight excluding hydrogens is 430 g/mol. The number of benzene rings is 4. The van der Waals surface area contributed by atoms with E-state index in [1.54, 1.807) is 6.20 Å². The lowest BCUT2D eigenvalue weighted by molar-refractivity contribution is 0.0602. The molecule has 3 nitrogen and oxygen atoms in total. The second-order valence-corrected chi connectivity index (χ2v) is 8.62. The quantitative estimate of drug-likeness (QED) is 0.213. The number of pyridine rings is 1. The molecule has 0 N–H and O–H groups in total. The average molecular weight is 454 g/mol. The second-order valence-electron chi connectivity index (χ2n) is 8.62. The van der Waals surface area contributed by atoms with Gasteiger partial charge in [-0.1, -0.05) is 72.8 Å². The van der Waals surface area contributed by atoms with Gasteiger partial charge in [0.1, 0.15) is 0 Å². The number of ether oxygens (including phenoxy) is 1. The molecule has 5 aromatic rings. The zero-order valence-electron chi connectivity index (χ0n) is 18.4. The van der Waals surface area contributed by atoms with Crippen LogP contribution in [0.4, 0.5) is 0 Å². The molecule has 0 radical (unpaired) electrons. The number of carbonyl (C=O) groups is 1. The molecule has 0 spiro atoms. The Morgan fingerprint density at radius 2 is 1.58 bits per heavy atom. The fourth-order valence-corrected chi connectivity index (χ4v) is 5.40. The molecule has 1 atom stereocenters. The molecule has 1 aliphatic carbocycles. The Balaban J connectivity index is 0.00000228. The van der Waals surface area contributed by atoms with E-state index >= 15 is 0 Å². The van der Waals surface area contributed by atoms with Gasteiger partial charge in [-0.05, 0) is 57.3 Å². The second kappa shape index (κ2) is 8.49. The number of halogens is 1. The van der Waals surface area contributed by atoms with Gasteiger partial charge in [-0.3, -0.25) is 4.98 Å². The number of aryl methyl sites for hydroxylation is 1. The van der Waals surface area contributed by atoms with Gasteiger partial charge in [0.2, 0.25) is 0 Å². The summed E-state index contributed by atoms with van der Waals surface area (Å²) in [6.45, 7) is 0. The van der Waals surface area contributed by atoms with Crippen molar-refractivity contribution in [2.45, 2.75) is 25.2 Å². The molecular formula is C29H24ClNO2. The average Bonchev–Trinajstić information content (AvgIpc) is 2.87. The highest BCUT2D eigenvalue weighted by atomic mass is 35.5. The van der Waals surface area contributed by atoms with Crippen molar-refractivity contribution >= 4 is 50.7 Å². The van der Waals surface area contributed by atoms with Crippen LogP contribution < -0.4 is 0 Å². The topological polar surface area (TPSA) is 39.2 Å². The van der Waals surface area contributed by atoms with E-state index in [4.69, 9.17) is 9.72 Å². The number of aromatic nitrogens is 1. The first-order valence-electron chi connectivity index (χ1n) is 11.1. The Kier molecular flexibility index (Phi) is 5.51. The van der Waals surface area contributed by atoms with Crippen LogP contribution in [0.3, 0.4) is 0 Å². The fraction of sp³-hybridized carbons (Fsp3) is 0.172. The molecule has 0 saturated heterocycles. The minimum Gasteiger partial charge on any atom is -0.465 e. The van der Waals surface area contributed by atoms with Gasteiger partial charge in [-0.25, -0.2) is 4.79 Å². The number of methoxy groups -OCH3 is 1. The zero-order chi connectivity index (χ0) is 21.7. The number of hydrogen-bond acceptors (Lipinski definition) is 3. The van der Waals surface area contributed by atoms with Crippen molar-refractivity contribution in [2.24, 2.45) is 0 Å². The van der Waals surface area contributed by atoms with Crippen molar-refractivity contribution in [3.8, 4) is 0 Å². The van der Waals surface area contributed by atoms with Crippen molar-refractivity contribution < 1.29 is 9.53 Å². The van der Waals surface area contributed by atoms with Crippen LogP contribution in [0.5, 0.6) is 0 Å². The van der Waals surface area contributed by atoms with Crippen molar-refractivity contribution in [3.63, 3.8) is 0 Å². The maximum absolute atomic E-state index is 12.3. The van der Waals surface area contributed by atoms with Crippen molar-refractivity contribution in [3.05, 3.63) is 101 Å². The van der Waals surface area contributed by atoms with E-state index in [9.17, 15) is 4.79 Å². The van der Waals surface area contributed by atoms with Crippen molar-refractivity contribution in [1.29, 1.82) is 0 Å². The molecule has 164 valence electrons. The Hall–Kier alpha value is -3.43. The van der Waals surface area contributed by atoms with Crippen LogP contribution in [0.25, 0.3) is 32.3 Å². The highest BCUT2D eigenvalue weighted by molar-refractivity contribution is 6.09. The van der Waals surface area contributed by atoms with Crippen LogP contribution in [0, 0.1) is 0 Å². The van der Waals surface area contributed by atoms with Gasteiger partial charge >= 0.3 is 5.97 Å². The smallest absolute Gasteiger partial charge is 0.340 e. The molecule has 0 aliphatic heterocycles. The predicted molar refractivity (Wildman–Crippen MR) is 137 cm³/mol. The van der Waals surface area contributed by atoms with Crippen LogP contribution in [-0.2, 0) is 17.6 Å². The third kappa shape index (κ3) is 3.44. The standard InChI is InChI=1S/C29H23NO2.ClH/c1-32-29(31)27-17-30-28(25-9-5-4-8-22(25)27)20-11-10-19-13-14-23-21-7-3-2-6-18(21)12-15-24(23)26(19)16-20;/h2-9,12-15,17,20H,10-11,16H2,1H3;1H. The molecule has 6 rings (SSSR count). The monoisotopic (exact) mass is 453 g/mol. The van der Waals surface area contributed by atoms with Gasteiger partial charge in [0.15, 0.2) is 0 Å². The van der Waals surface area contributed by atoms with E-state index in [2.05, 4.69) is 54.6 Å². The molecule has 4 heteroatoms. The Morgan fingerprint density at radius 1 is 0.848 bits per heavy atom. The maximum atomic E-state index is 12.3. The summed E-state index contributed by atoms with van der Waals surface area (Å²) in [5.41, 5.74) is 4.49. The third-order valence-corrected chi connectivity index (χ3v) is 6.97. The van der Waals surface area contributed by atoms with Gasteiger partial charge in [0.25, 0.3) is 0 Å². The molecule has 1 aromatic heterocycles. The normalized spacial score (nSPS) is 15.2. The molecule has 0 bridgehead atoms. The minimum atomic E-state index is -0.341. The fourth-order valence-electron chi connectivity index (χ4n) is 5.40. The molecule has 1 unspecified atom stereocenters. The molecule has 1 aliphatic rings. The summed E-state index contributed by atoms with van der Waals surface area (Å²) in [5.74, 6) is -0.0247. The third-order valence-electron chi connectivity index (χ3n) is 6.97. The van der Waals surface area contributed by atoms with E-state index in [1.807, 2.05) is 18.2 Å². The van der Waals surface area contributed by atoms with Gasteiger partial charge in [0.05, 0.1) is 18.4 Å². The highest BCUT2D eigenvalue weighted by Gasteiger charge is 2.26. The van der Waals surface area contributed by atoms with Crippen LogP contribution in [-0.4, -0.2) is 18.1 Å². The summed E-state index contributed by atoms with van der Waals surface area (Å²) in [7, 11) is 1.41. The number of esters is 1. The lowest BCUT2D eigenvalue weighted by Gasteiger charge is -2.27. The predicted octanol–water partition coefficient (Wildman–Crippen LogP) is 7.02. The Morgan fingerprint density at radius 3 is 2.39 bits per heavy atom. The first-order valence-corrected chi connectivity index (χ1v) is 11.1. The van der Waals surface area contributed by atoms with Gasteiger partial charge in [0, 0.05) is 17.5 Å². The SMILES string of the molecule is COC(=O)c1cnc(C2CCc3ccc4c(ccc5ccccc54)c3C2)c2ccccc12.Cl. The lowest BCUT2D eigenvalue weighted by Crippen LogP contribution is -2.15. The van der Waals surface area contributed by atoms with Crippen molar-refractivity contribution in [1.82, 2.24) is 4.98 Å². The molecule has 0 fully saturated rings. The van der Waals surface area contributed by atoms with E-state index < -0.39 is 0 Å². The lowest BCUT2D eigenvalue weighted by atomic mass is 9.78. The van der Waals surface area contributed by atoms with Gasteiger partial charge in [-0.2, -0.15) is 0 Å². The first kappa shape index (κ1) is 21.4. The molecule has 1 heterocycles. The molecule has 33 heavy (non-hydrogen) atoms. The van der Waals surface area contributed by atoms with E-state index in [1.165, 1.54) is 39.8 Å². The minimum absolute atomic E-state index is 0. The Labute approximate surface area is 198 Å². The number of carbonyl (C=O) groups excluding carboxylic acids is 1. The first-order chi connectivity index (χ1) is 15.7. The van der Waals surface area contributed by atoms with Crippen LogP contribution in [0.15, 0.2) is 79.0 Å². The van der Waals surface area contributed by atoms with Gasteiger partial charge < -0.3 is 4.74 Å². The largest absolute Gasteiger partial charge is 0.465 e. The summed E-state index contributed by atoms with van der Waals surface area (Å²) in [5, 5.41) is 7.22. The summed E-state index contributed by atoms with van der Waals surface area (Å²) in [6, 6.07) is 25.8. The number of nitrogens with zero attached hydrogens (tertiary/aromatic N) is 1. The molecule has 4 aromatic carbocycles. The summed E-state index contributed by atoms with van der Waals surface area (Å²) >= 11 is 0. The van der Waals surface area contributed by atoms with Crippen LogP contribution >= 0.6 is 12.4 Å². The summed E-state index contributed by atoms with van der Waals surface area (Å²) in [6.07, 6.45) is 4.74. The summed E-state index contributed by atoms with van der Waals surface area (Å²) in [4.78, 5) is 17.1. The highest BCUT2D eigenvalue weighted by Crippen LogP contribution is 2.39. The van der Waals surface area contributed by atoms with Crippen molar-refractivity contribution in [2.75, 3.05) is 7.11 Å². The number of fused-ring (bicyclic) bond motifs is 6. The summed E-state index contributed by atoms with van der Waals surface area (Å²) < 4.78 is 4.98. The maximum Gasteiger partial charge on any atom is 0.340 e. The zero-order valence-corrected chi connectivity index (χ0v) is 19.2. The van der Waals surface area contributed by atoms with E-state index in [0.717, 1.165) is 35.7 Å². The van der Waals surface area contributed by atoms with Gasteiger partial charge in [-0.15, -0.1) is 12.4 Å². The van der Waals surface area contributed by atoms with E-state index in [0.29, 0.717) is 11.5 Å². The Bertz CT molecular complexity index is 1530. The number of rotatable bonds is 2.